The number of nitrogens with one attached hydrogen (secondary N) is 2. The highest BCUT2D eigenvalue weighted by molar-refractivity contribution is 7.89. The molecule has 1 rings (SSSR count). The average Bonchev–Trinajstić information content (AvgIpc) is 2.68. The normalized spacial score (nSPS) is 13.1. The minimum absolute atomic E-state index is 0.151. The van der Waals surface area contributed by atoms with E-state index in [9.17, 15) is 8.42 Å². The fourth-order valence-electron chi connectivity index (χ4n) is 2.33. The minimum atomic E-state index is -3.55. The lowest BCUT2D eigenvalue weighted by molar-refractivity contribution is 0.242. The Kier molecular flexibility index (Phi) is 5.98. The molecular weight excluding hydrogens is 290 g/mol. The Morgan fingerprint density at radius 2 is 1.95 bits per heavy atom. The first-order chi connectivity index (χ1) is 9.57. The second kappa shape index (κ2) is 6.91. The summed E-state index contributed by atoms with van der Waals surface area (Å²) in [6.45, 7) is 7.40. The van der Waals surface area contributed by atoms with E-state index in [0.717, 1.165) is 6.54 Å². The molecule has 0 amide bonds. The lowest BCUT2D eigenvalue weighted by Gasteiger charge is -2.28. The molecule has 0 bridgehead atoms. The second-order valence-corrected chi connectivity index (χ2v) is 8.13. The van der Waals surface area contributed by atoms with Gasteiger partial charge in [0.2, 0.25) is 10.0 Å². The summed E-state index contributed by atoms with van der Waals surface area (Å²) < 4.78 is 32.9. The predicted molar refractivity (Wildman–Crippen MR) is 83.7 cm³/mol. The summed E-state index contributed by atoms with van der Waals surface area (Å²) in [6, 6.07) is 1.58. The number of rotatable bonds is 8. The van der Waals surface area contributed by atoms with Crippen LogP contribution in [0.4, 0.5) is 0 Å². The van der Waals surface area contributed by atoms with E-state index in [0.29, 0.717) is 24.6 Å². The zero-order valence-electron chi connectivity index (χ0n) is 13.8. The topological polar surface area (TPSA) is 74.6 Å². The summed E-state index contributed by atoms with van der Waals surface area (Å²) in [5.74, 6) is 1.03. The quantitative estimate of drug-likeness (QED) is 0.753. The van der Waals surface area contributed by atoms with Crippen LogP contribution in [0.25, 0.3) is 0 Å². The van der Waals surface area contributed by atoms with E-state index in [4.69, 9.17) is 4.42 Å². The first-order valence-electron chi connectivity index (χ1n) is 6.96. The third-order valence-corrected chi connectivity index (χ3v) is 4.56. The van der Waals surface area contributed by atoms with E-state index >= 15 is 0 Å². The van der Waals surface area contributed by atoms with Crippen LogP contribution in [0, 0.1) is 12.3 Å². The highest BCUT2D eigenvalue weighted by Gasteiger charge is 2.25. The van der Waals surface area contributed by atoms with E-state index < -0.39 is 10.0 Å². The maximum atomic E-state index is 12.4. The SMILES string of the molecule is CNCc1cc(S(=O)(=O)NCC(C)(C)CN(C)C)c(C)o1. The second-order valence-electron chi connectivity index (χ2n) is 6.39. The molecule has 0 aliphatic rings. The van der Waals surface area contributed by atoms with Gasteiger partial charge >= 0.3 is 0 Å². The van der Waals surface area contributed by atoms with Crippen molar-refractivity contribution in [3.63, 3.8) is 0 Å². The third-order valence-electron chi connectivity index (χ3n) is 3.05. The Morgan fingerprint density at radius 3 is 2.48 bits per heavy atom. The van der Waals surface area contributed by atoms with Gasteiger partial charge in [-0.05, 0) is 33.5 Å². The molecular formula is C14H27N3O3S. The highest BCUT2D eigenvalue weighted by Crippen LogP contribution is 2.21. The minimum Gasteiger partial charge on any atom is -0.464 e. The fraction of sp³-hybridized carbons (Fsp3) is 0.714. The van der Waals surface area contributed by atoms with Crippen molar-refractivity contribution in [1.29, 1.82) is 0 Å². The molecule has 0 aliphatic carbocycles. The van der Waals surface area contributed by atoms with Gasteiger partial charge in [-0.2, -0.15) is 0 Å². The maximum Gasteiger partial charge on any atom is 0.244 e. The van der Waals surface area contributed by atoms with Gasteiger partial charge in [0.1, 0.15) is 16.4 Å². The van der Waals surface area contributed by atoms with Crippen LogP contribution in [0.15, 0.2) is 15.4 Å². The predicted octanol–water partition coefficient (Wildman–Crippen LogP) is 1.17. The van der Waals surface area contributed by atoms with E-state index in [1.165, 1.54) is 0 Å². The Bertz CT molecular complexity index is 562. The summed E-state index contributed by atoms with van der Waals surface area (Å²) >= 11 is 0. The summed E-state index contributed by atoms with van der Waals surface area (Å²) in [4.78, 5) is 2.26. The van der Waals surface area contributed by atoms with Crippen LogP contribution in [-0.2, 0) is 16.6 Å². The standard InChI is InChI=1S/C14H27N3O3S/c1-11-13(7-12(20-11)8-15-4)21(18,19)16-9-14(2,3)10-17(5)6/h7,15-16H,8-10H2,1-6H3. The average molecular weight is 317 g/mol. The largest absolute Gasteiger partial charge is 0.464 e. The van der Waals surface area contributed by atoms with Crippen LogP contribution in [0.1, 0.15) is 25.4 Å². The van der Waals surface area contributed by atoms with E-state index in [-0.39, 0.29) is 10.3 Å². The number of furan rings is 1. The van der Waals surface area contributed by atoms with Crippen molar-refractivity contribution in [3.05, 3.63) is 17.6 Å². The molecule has 1 heterocycles. The Balaban J connectivity index is 2.82. The summed E-state index contributed by atoms with van der Waals surface area (Å²) in [5.41, 5.74) is -0.151. The van der Waals surface area contributed by atoms with Crippen molar-refractivity contribution in [1.82, 2.24) is 14.9 Å². The molecule has 0 aliphatic heterocycles. The van der Waals surface area contributed by atoms with Crippen LogP contribution < -0.4 is 10.0 Å². The van der Waals surface area contributed by atoms with Crippen LogP contribution in [0.3, 0.4) is 0 Å². The van der Waals surface area contributed by atoms with E-state index in [2.05, 4.69) is 10.0 Å². The van der Waals surface area contributed by atoms with Crippen molar-refractivity contribution in [2.45, 2.75) is 32.2 Å². The zero-order valence-corrected chi connectivity index (χ0v) is 14.6. The lowest BCUT2D eigenvalue weighted by Crippen LogP contribution is -2.40. The molecule has 122 valence electrons. The summed E-state index contributed by atoms with van der Waals surface area (Å²) in [5, 5.41) is 2.94. The molecule has 1 aromatic rings. The van der Waals surface area contributed by atoms with Gasteiger partial charge in [-0.25, -0.2) is 13.1 Å². The Morgan fingerprint density at radius 1 is 1.33 bits per heavy atom. The van der Waals surface area contributed by atoms with Crippen LogP contribution in [0.5, 0.6) is 0 Å². The molecule has 0 aromatic carbocycles. The van der Waals surface area contributed by atoms with E-state index in [1.54, 1.807) is 20.0 Å². The van der Waals surface area contributed by atoms with Gasteiger partial charge in [0.25, 0.3) is 0 Å². The number of nitrogens with zero attached hydrogens (tertiary/aromatic N) is 1. The van der Waals surface area contributed by atoms with Crippen LogP contribution in [0.2, 0.25) is 0 Å². The van der Waals surface area contributed by atoms with Crippen LogP contribution >= 0.6 is 0 Å². The molecule has 0 saturated heterocycles. The zero-order chi connectivity index (χ0) is 16.3. The van der Waals surface area contributed by atoms with Gasteiger partial charge in [-0.3, -0.25) is 0 Å². The van der Waals surface area contributed by atoms with Gasteiger partial charge in [0.15, 0.2) is 0 Å². The maximum absolute atomic E-state index is 12.4. The molecule has 0 saturated carbocycles. The molecule has 2 N–H and O–H groups in total. The first-order valence-corrected chi connectivity index (χ1v) is 8.44. The summed E-state index contributed by atoms with van der Waals surface area (Å²) in [7, 11) is 2.18. The number of aryl methyl sites for hydroxylation is 1. The van der Waals surface area contributed by atoms with E-state index in [1.807, 2.05) is 32.8 Å². The van der Waals surface area contributed by atoms with Crippen molar-refractivity contribution in [2.24, 2.45) is 5.41 Å². The number of hydrogen-bond acceptors (Lipinski definition) is 5. The molecule has 0 radical (unpaired) electrons. The van der Waals surface area contributed by atoms with Crippen molar-refractivity contribution in [2.75, 3.05) is 34.2 Å². The molecule has 0 atom stereocenters. The molecule has 6 nitrogen and oxygen atoms in total. The molecule has 7 heteroatoms. The Labute approximate surface area is 127 Å². The third kappa shape index (κ3) is 5.43. The van der Waals surface area contributed by atoms with Gasteiger partial charge in [-0.1, -0.05) is 13.8 Å². The van der Waals surface area contributed by atoms with Crippen LogP contribution in [-0.4, -0.2) is 47.6 Å². The van der Waals surface area contributed by atoms with Gasteiger partial charge in [-0.15, -0.1) is 0 Å². The first kappa shape index (κ1) is 18.2. The smallest absolute Gasteiger partial charge is 0.244 e. The van der Waals surface area contributed by atoms with Crippen molar-refractivity contribution >= 4 is 10.0 Å². The van der Waals surface area contributed by atoms with Crippen molar-refractivity contribution < 1.29 is 12.8 Å². The Hall–Kier alpha value is -0.890. The molecule has 0 unspecified atom stereocenters. The van der Waals surface area contributed by atoms with Gasteiger partial charge < -0.3 is 14.6 Å². The summed E-state index contributed by atoms with van der Waals surface area (Å²) in [6.07, 6.45) is 0. The fourth-order valence-corrected chi connectivity index (χ4v) is 3.78. The highest BCUT2D eigenvalue weighted by atomic mass is 32.2. The molecule has 21 heavy (non-hydrogen) atoms. The molecule has 1 aromatic heterocycles. The lowest BCUT2D eigenvalue weighted by atomic mass is 9.93. The van der Waals surface area contributed by atoms with Crippen molar-refractivity contribution in [3.8, 4) is 0 Å². The number of hydrogen-bond donors (Lipinski definition) is 2. The molecule has 0 spiro atoms. The monoisotopic (exact) mass is 317 g/mol. The van der Waals surface area contributed by atoms with Gasteiger partial charge in [0.05, 0.1) is 6.54 Å². The van der Waals surface area contributed by atoms with Gasteiger partial charge in [0, 0.05) is 19.2 Å². The molecule has 0 fully saturated rings. The number of sulfonamides is 1.